The zero-order valence-electron chi connectivity index (χ0n) is 7.66. The Labute approximate surface area is 80.3 Å². The Balaban J connectivity index is 2.85. The van der Waals surface area contributed by atoms with Crippen molar-refractivity contribution in [2.24, 2.45) is 0 Å². The lowest BCUT2D eigenvalue weighted by Gasteiger charge is -1.99. The maximum Gasteiger partial charge on any atom is 0.337 e. The van der Waals surface area contributed by atoms with E-state index in [1.54, 1.807) is 0 Å². The number of H-pyrrole nitrogens is 1. The fraction of sp³-hybridized carbons (Fsp3) is 0.100. The van der Waals surface area contributed by atoms with E-state index in [-0.39, 0.29) is 5.56 Å². The predicted octanol–water partition coefficient (Wildman–Crippen LogP) is 1.76. The minimum absolute atomic E-state index is 0.260. The number of carboxylic acids is 1. The van der Waals surface area contributed by atoms with Gasteiger partial charge in [0.15, 0.2) is 0 Å². The van der Waals surface area contributed by atoms with Gasteiger partial charge in [0.1, 0.15) is 0 Å². The van der Waals surface area contributed by atoms with Crippen LogP contribution in [-0.4, -0.2) is 16.1 Å². The molecule has 2 rings (SSSR count). The number of anilines is 1. The van der Waals surface area contributed by atoms with Crippen LogP contribution in [0.4, 0.5) is 5.69 Å². The molecule has 1 heterocycles. The third kappa shape index (κ3) is 1.12. The molecule has 72 valence electrons. The number of rotatable bonds is 1. The molecule has 4 N–H and O–H groups in total. The topological polar surface area (TPSA) is 79.1 Å². The molecular formula is C10H10N2O2. The lowest BCUT2D eigenvalue weighted by atomic mass is 10.1. The molecule has 1 aromatic carbocycles. The second kappa shape index (κ2) is 2.77. The number of nitrogens with two attached hydrogens (primary N) is 1. The monoisotopic (exact) mass is 190 g/mol. The smallest absolute Gasteiger partial charge is 0.337 e. The highest BCUT2D eigenvalue weighted by molar-refractivity contribution is 6.06. The summed E-state index contributed by atoms with van der Waals surface area (Å²) in [6.45, 7) is 1.88. The first-order valence-electron chi connectivity index (χ1n) is 4.20. The normalized spacial score (nSPS) is 10.6. The molecule has 0 radical (unpaired) electrons. The molecule has 4 heteroatoms. The molecule has 14 heavy (non-hydrogen) atoms. The van der Waals surface area contributed by atoms with E-state index in [0.29, 0.717) is 16.6 Å². The quantitative estimate of drug-likeness (QED) is 0.599. The van der Waals surface area contributed by atoms with Crippen LogP contribution in [0.25, 0.3) is 10.9 Å². The summed E-state index contributed by atoms with van der Waals surface area (Å²) in [6, 6.07) is 3.62. The molecule has 0 amide bonds. The van der Waals surface area contributed by atoms with Gasteiger partial charge in [-0.1, -0.05) is 0 Å². The Morgan fingerprint density at radius 1 is 1.50 bits per heavy atom. The second-order valence-corrected chi connectivity index (χ2v) is 3.28. The summed E-state index contributed by atoms with van der Waals surface area (Å²) in [5.41, 5.74) is 8.23. The number of nitrogens with one attached hydrogen (secondary N) is 1. The van der Waals surface area contributed by atoms with Crippen LogP contribution >= 0.6 is 0 Å². The Bertz CT molecular complexity index is 514. The Hall–Kier alpha value is -1.97. The molecule has 0 aliphatic rings. The van der Waals surface area contributed by atoms with Gasteiger partial charge in [-0.3, -0.25) is 0 Å². The molecule has 4 nitrogen and oxygen atoms in total. The molecule has 0 fully saturated rings. The van der Waals surface area contributed by atoms with Crippen molar-refractivity contribution in [3.8, 4) is 0 Å². The van der Waals surface area contributed by atoms with Crippen molar-refractivity contribution < 1.29 is 9.90 Å². The second-order valence-electron chi connectivity index (χ2n) is 3.28. The molecule has 0 saturated carbocycles. The number of aromatic amines is 1. The van der Waals surface area contributed by atoms with E-state index in [0.717, 1.165) is 5.56 Å². The van der Waals surface area contributed by atoms with Crippen molar-refractivity contribution in [3.05, 3.63) is 29.5 Å². The number of hydrogen-bond donors (Lipinski definition) is 3. The molecule has 0 spiro atoms. The van der Waals surface area contributed by atoms with Gasteiger partial charge < -0.3 is 15.8 Å². The highest BCUT2D eigenvalue weighted by atomic mass is 16.4. The SMILES string of the molecule is Cc1cc(N)c2[nH]cc(C(=O)O)c2c1. The highest BCUT2D eigenvalue weighted by Crippen LogP contribution is 2.25. The lowest BCUT2D eigenvalue weighted by molar-refractivity contribution is 0.0699. The van der Waals surface area contributed by atoms with E-state index in [1.807, 2.05) is 19.1 Å². The number of carboxylic acid groups (broad SMARTS) is 1. The molecule has 0 unspecified atom stereocenters. The molecule has 0 saturated heterocycles. The van der Waals surface area contributed by atoms with Crippen LogP contribution < -0.4 is 5.73 Å². The summed E-state index contributed by atoms with van der Waals surface area (Å²) in [7, 11) is 0. The van der Waals surface area contributed by atoms with Crippen LogP contribution in [0.2, 0.25) is 0 Å². The van der Waals surface area contributed by atoms with Crippen molar-refractivity contribution in [1.82, 2.24) is 4.98 Å². The first-order chi connectivity index (χ1) is 6.59. The Morgan fingerprint density at radius 3 is 2.86 bits per heavy atom. The number of nitrogen functional groups attached to an aromatic ring is 1. The fourth-order valence-electron chi connectivity index (χ4n) is 1.59. The maximum atomic E-state index is 10.8. The molecule has 1 aromatic heterocycles. The third-order valence-electron chi connectivity index (χ3n) is 2.19. The van der Waals surface area contributed by atoms with Crippen molar-refractivity contribution in [3.63, 3.8) is 0 Å². The number of aryl methyl sites for hydroxylation is 1. The van der Waals surface area contributed by atoms with Gasteiger partial charge in [0.2, 0.25) is 0 Å². The first-order valence-corrected chi connectivity index (χ1v) is 4.20. The predicted molar refractivity (Wildman–Crippen MR) is 54.4 cm³/mol. The average Bonchev–Trinajstić information content (AvgIpc) is 2.47. The summed E-state index contributed by atoms with van der Waals surface area (Å²) < 4.78 is 0. The third-order valence-corrected chi connectivity index (χ3v) is 2.19. The molecule has 0 aliphatic heterocycles. The number of aromatic nitrogens is 1. The van der Waals surface area contributed by atoms with Gasteiger partial charge in [-0.15, -0.1) is 0 Å². The number of aromatic carboxylic acids is 1. The van der Waals surface area contributed by atoms with E-state index in [2.05, 4.69) is 4.98 Å². The zero-order chi connectivity index (χ0) is 10.3. The van der Waals surface area contributed by atoms with Crippen LogP contribution in [0.3, 0.4) is 0 Å². The van der Waals surface area contributed by atoms with Crippen molar-refractivity contribution in [2.75, 3.05) is 5.73 Å². The summed E-state index contributed by atoms with van der Waals surface area (Å²) in [5.74, 6) is -0.943. The van der Waals surface area contributed by atoms with Crippen LogP contribution in [0.1, 0.15) is 15.9 Å². The van der Waals surface area contributed by atoms with E-state index < -0.39 is 5.97 Å². The Morgan fingerprint density at radius 2 is 2.21 bits per heavy atom. The summed E-state index contributed by atoms with van der Waals surface area (Å²) in [4.78, 5) is 13.7. The van der Waals surface area contributed by atoms with Gasteiger partial charge >= 0.3 is 5.97 Å². The Kier molecular flexibility index (Phi) is 1.70. The van der Waals surface area contributed by atoms with Crippen molar-refractivity contribution in [1.29, 1.82) is 0 Å². The molecule has 0 aliphatic carbocycles. The average molecular weight is 190 g/mol. The van der Waals surface area contributed by atoms with Crippen LogP contribution in [0.5, 0.6) is 0 Å². The van der Waals surface area contributed by atoms with Crippen molar-refractivity contribution >= 4 is 22.6 Å². The van der Waals surface area contributed by atoms with Gasteiger partial charge in [0.05, 0.1) is 16.8 Å². The fourth-order valence-corrected chi connectivity index (χ4v) is 1.59. The van der Waals surface area contributed by atoms with Gasteiger partial charge in [-0.2, -0.15) is 0 Å². The first kappa shape index (κ1) is 8.62. The number of hydrogen-bond acceptors (Lipinski definition) is 2. The molecular weight excluding hydrogens is 180 g/mol. The number of benzene rings is 1. The maximum absolute atomic E-state index is 10.8. The van der Waals surface area contributed by atoms with Gasteiger partial charge in [-0.25, -0.2) is 4.79 Å². The summed E-state index contributed by atoms with van der Waals surface area (Å²) in [6.07, 6.45) is 1.46. The van der Waals surface area contributed by atoms with Crippen LogP contribution in [0, 0.1) is 6.92 Å². The van der Waals surface area contributed by atoms with Crippen LogP contribution in [-0.2, 0) is 0 Å². The molecule has 0 atom stereocenters. The van der Waals surface area contributed by atoms with E-state index in [9.17, 15) is 4.79 Å². The largest absolute Gasteiger partial charge is 0.478 e. The number of fused-ring (bicyclic) bond motifs is 1. The standard InChI is InChI=1S/C10H10N2O2/c1-5-2-6-7(10(13)14)4-12-9(6)8(11)3-5/h2-4,12H,11H2,1H3,(H,13,14). The van der Waals surface area contributed by atoms with E-state index >= 15 is 0 Å². The van der Waals surface area contributed by atoms with Gasteiger partial charge in [-0.05, 0) is 24.6 Å². The molecule has 0 bridgehead atoms. The van der Waals surface area contributed by atoms with Gasteiger partial charge in [0, 0.05) is 11.6 Å². The van der Waals surface area contributed by atoms with Crippen LogP contribution in [0.15, 0.2) is 18.3 Å². The summed E-state index contributed by atoms with van der Waals surface area (Å²) >= 11 is 0. The van der Waals surface area contributed by atoms with Crippen molar-refractivity contribution in [2.45, 2.75) is 6.92 Å². The number of carbonyl (C=O) groups is 1. The minimum Gasteiger partial charge on any atom is -0.478 e. The minimum atomic E-state index is -0.943. The highest BCUT2D eigenvalue weighted by Gasteiger charge is 2.11. The lowest BCUT2D eigenvalue weighted by Crippen LogP contribution is -1.94. The zero-order valence-corrected chi connectivity index (χ0v) is 7.66. The van der Waals surface area contributed by atoms with E-state index in [1.165, 1.54) is 6.20 Å². The van der Waals surface area contributed by atoms with E-state index in [4.69, 9.17) is 10.8 Å². The van der Waals surface area contributed by atoms with Gasteiger partial charge in [0.25, 0.3) is 0 Å². The molecule has 2 aromatic rings. The summed E-state index contributed by atoms with van der Waals surface area (Å²) in [5, 5.41) is 9.55.